The summed E-state index contributed by atoms with van der Waals surface area (Å²) in [6.45, 7) is 0.425. The largest absolute Gasteiger partial charge is 0.419 e. The van der Waals surface area contributed by atoms with E-state index in [2.05, 4.69) is 10.2 Å². The number of fused-ring (bicyclic) bond motifs is 1. The van der Waals surface area contributed by atoms with Crippen LogP contribution in [0, 0.1) is 0 Å². The topological polar surface area (TPSA) is 60.9 Å². The van der Waals surface area contributed by atoms with E-state index < -0.39 is 0 Å². The number of nitrogens with zero attached hydrogens (tertiary/aromatic N) is 3. The van der Waals surface area contributed by atoms with Crippen LogP contribution in [0.15, 0.2) is 65.2 Å². The Kier molecular flexibility index (Phi) is 3.24. The maximum atomic E-state index is 11.2. The number of aldehydes is 1. The smallest absolute Gasteiger partial charge is 0.247 e. The highest BCUT2D eigenvalue weighted by Crippen LogP contribution is 2.22. The fourth-order valence-corrected chi connectivity index (χ4v) is 2.66. The molecule has 5 nitrogen and oxygen atoms in total. The molecule has 0 aliphatic rings. The van der Waals surface area contributed by atoms with E-state index in [1.165, 1.54) is 0 Å². The van der Waals surface area contributed by atoms with Gasteiger partial charge < -0.3 is 8.98 Å². The molecule has 4 aromatic rings. The molecule has 0 aliphatic heterocycles. The number of para-hydroxylation sites is 1. The average molecular weight is 303 g/mol. The van der Waals surface area contributed by atoms with Crippen molar-refractivity contribution < 1.29 is 9.21 Å². The Morgan fingerprint density at radius 3 is 2.61 bits per heavy atom. The molecule has 0 aliphatic carbocycles. The number of carbonyl (C=O) groups excluding carboxylic acids is 1. The molecule has 0 amide bonds. The Morgan fingerprint density at radius 2 is 1.78 bits per heavy atom. The molecule has 0 radical (unpaired) electrons. The molecule has 2 aromatic heterocycles. The van der Waals surface area contributed by atoms with Gasteiger partial charge in [0.05, 0.1) is 0 Å². The van der Waals surface area contributed by atoms with Gasteiger partial charge in [0.25, 0.3) is 0 Å². The lowest BCUT2D eigenvalue weighted by Gasteiger charge is -2.00. The van der Waals surface area contributed by atoms with Crippen LogP contribution in [0.4, 0.5) is 0 Å². The second-order valence-electron chi connectivity index (χ2n) is 5.21. The summed E-state index contributed by atoms with van der Waals surface area (Å²) < 4.78 is 7.68. The van der Waals surface area contributed by atoms with Crippen LogP contribution in [0.5, 0.6) is 0 Å². The van der Waals surface area contributed by atoms with Gasteiger partial charge >= 0.3 is 0 Å². The molecule has 0 N–H and O–H groups in total. The summed E-state index contributed by atoms with van der Waals surface area (Å²) in [6.07, 6.45) is 2.67. The van der Waals surface area contributed by atoms with Crippen molar-refractivity contribution in [2.75, 3.05) is 0 Å². The number of benzene rings is 2. The van der Waals surface area contributed by atoms with Crippen molar-refractivity contribution in [3.63, 3.8) is 0 Å². The zero-order valence-electron chi connectivity index (χ0n) is 12.2. The van der Waals surface area contributed by atoms with Crippen molar-refractivity contribution in [2.45, 2.75) is 6.54 Å². The fourth-order valence-electron chi connectivity index (χ4n) is 2.66. The first-order valence-electron chi connectivity index (χ1n) is 7.26. The molecule has 0 bridgehead atoms. The minimum atomic E-state index is 0.425. The highest BCUT2D eigenvalue weighted by Gasteiger charge is 2.12. The third-order valence-electron chi connectivity index (χ3n) is 3.74. The predicted octanol–water partition coefficient (Wildman–Crippen LogP) is 3.55. The van der Waals surface area contributed by atoms with Crippen LogP contribution in [0.1, 0.15) is 16.2 Å². The van der Waals surface area contributed by atoms with Crippen molar-refractivity contribution >= 4 is 17.2 Å². The molecule has 0 atom stereocenters. The lowest BCUT2D eigenvalue weighted by atomic mass is 10.2. The quantitative estimate of drug-likeness (QED) is 0.541. The maximum Gasteiger partial charge on any atom is 0.247 e. The van der Waals surface area contributed by atoms with Crippen molar-refractivity contribution in [2.24, 2.45) is 0 Å². The molecule has 23 heavy (non-hydrogen) atoms. The van der Waals surface area contributed by atoms with Gasteiger partial charge in [-0.15, -0.1) is 10.2 Å². The Balaban J connectivity index is 1.69. The maximum absolute atomic E-state index is 11.2. The summed E-state index contributed by atoms with van der Waals surface area (Å²) in [5.74, 6) is 0.995. The van der Waals surface area contributed by atoms with E-state index in [9.17, 15) is 4.79 Å². The van der Waals surface area contributed by atoms with Crippen LogP contribution >= 0.6 is 0 Å². The third-order valence-corrected chi connectivity index (χ3v) is 3.74. The van der Waals surface area contributed by atoms with Crippen LogP contribution in [0.3, 0.4) is 0 Å². The zero-order valence-corrected chi connectivity index (χ0v) is 12.2. The van der Waals surface area contributed by atoms with Gasteiger partial charge in [-0.3, -0.25) is 4.79 Å². The van der Waals surface area contributed by atoms with Crippen molar-refractivity contribution in [1.82, 2.24) is 14.8 Å². The third kappa shape index (κ3) is 2.42. The molecule has 112 valence electrons. The molecule has 0 unspecified atom stereocenters. The highest BCUT2D eigenvalue weighted by atomic mass is 16.4. The van der Waals surface area contributed by atoms with Gasteiger partial charge in [0, 0.05) is 28.2 Å². The number of hydrogen-bond acceptors (Lipinski definition) is 4. The summed E-state index contributed by atoms with van der Waals surface area (Å²) in [6, 6.07) is 17.4. The fraction of sp³-hybridized carbons (Fsp3) is 0.0556. The van der Waals surface area contributed by atoms with Crippen LogP contribution < -0.4 is 0 Å². The zero-order chi connectivity index (χ0) is 15.6. The SMILES string of the molecule is O=Cc1cn(Cc2nnc(-c3ccccc3)o2)c2ccccc12. The standard InChI is InChI=1S/C18H13N3O2/c22-12-14-10-21(16-9-5-4-8-15(14)16)11-17-19-20-18(23-17)13-6-2-1-3-7-13/h1-10,12H,11H2. The summed E-state index contributed by atoms with van der Waals surface area (Å²) >= 11 is 0. The van der Waals surface area contributed by atoms with Crippen molar-refractivity contribution in [3.05, 3.63) is 72.2 Å². The molecule has 0 spiro atoms. The summed E-state index contributed by atoms with van der Waals surface area (Å²) in [4.78, 5) is 11.2. The molecular weight excluding hydrogens is 290 g/mol. The van der Waals surface area contributed by atoms with Gasteiger partial charge in [0.2, 0.25) is 11.8 Å². The summed E-state index contributed by atoms with van der Waals surface area (Å²) in [5, 5.41) is 9.12. The minimum absolute atomic E-state index is 0.425. The minimum Gasteiger partial charge on any atom is -0.419 e. The Morgan fingerprint density at radius 1 is 1.00 bits per heavy atom. The molecule has 4 rings (SSSR count). The molecule has 0 saturated heterocycles. The van der Waals surface area contributed by atoms with E-state index in [0.29, 0.717) is 23.9 Å². The molecule has 2 heterocycles. The van der Waals surface area contributed by atoms with E-state index in [-0.39, 0.29) is 0 Å². The second kappa shape index (κ2) is 5.53. The lowest BCUT2D eigenvalue weighted by Crippen LogP contribution is -1.98. The first-order valence-corrected chi connectivity index (χ1v) is 7.26. The number of hydrogen-bond donors (Lipinski definition) is 0. The van der Waals surface area contributed by atoms with E-state index in [1.807, 2.05) is 65.4 Å². The molecule has 0 fully saturated rings. The first kappa shape index (κ1) is 13.5. The highest BCUT2D eigenvalue weighted by molar-refractivity contribution is 5.97. The van der Waals surface area contributed by atoms with E-state index in [1.54, 1.807) is 0 Å². The van der Waals surface area contributed by atoms with Gasteiger partial charge in [0.15, 0.2) is 6.29 Å². The number of rotatable bonds is 4. The van der Waals surface area contributed by atoms with Gasteiger partial charge in [-0.2, -0.15) is 0 Å². The Bertz CT molecular complexity index is 970. The summed E-state index contributed by atoms with van der Waals surface area (Å²) in [7, 11) is 0. The van der Waals surface area contributed by atoms with Crippen LogP contribution in [0.2, 0.25) is 0 Å². The van der Waals surface area contributed by atoms with Crippen LogP contribution in [-0.2, 0) is 6.54 Å². The Labute approximate surface area is 132 Å². The number of aromatic nitrogens is 3. The molecule has 2 aromatic carbocycles. The van der Waals surface area contributed by atoms with Gasteiger partial charge in [-0.25, -0.2) is 0 Å². The van der Waals surface area contributed by atoms with E-state index in [0.717, 1.165) is 22.8 Å². The normalized spacial score (nSPS) is 11.0. The molecule has 0 saturated carbocycles. The first-order chi connectivity index (χ1) is 11.3. The lowest BCUT2D eigenvalue weighted by molar-refractivity contribution is 0.112. The molecule has 5 heteroatoms. The van der Waals surface area contributed by atoms with E-state index >= 15 is 0 Å². The average Bonchev–Trinajstić information content (AvgIpc) is 3.21. The van der Waals surface area contributed by atoms with Crippen molar-refractivity contribution in [1.29, 1.82) is 0 Å². The van der Waals surface area contributed by atoms with Crippen LogP contribution in [-0.4, -0.2) is 21.1 Å². The van der Waals surface area contributed by atoms with Gasteiger partial charge in [-0.05, 0) is 18.2 Å². The van der Waals surface area contributed by atoms with Crippen molar-refractivity contribution in [3.8, 4) is 11.5 Å². The predicted molar refractivity (Wildman–Crippen MR) is 86.2 cm³/mol. The van der Waals surface area contributed by atoms with Gasteiger partial charge in [-0.1, -0.05) is 36.4 Å². The molecular formula is C18H13N3O2. The van der Waals surface area contributed by atoms with E-state index in [4.69, 9.17) is 4.42 Å². The van der Waals surface area contributed by atoms with Crippen LogP contribution in [0.25, 0.3) is 22.4 Å². The summed E-state index contributed by atoms with van der Waals surface area (Å²) in [5.41, 5.74) is 2.51. The number of carbonyl (C=O) groups is 1. The Hall–Kier alpha value is -3.21. The monoisotopic (exact) mass is 303 g/mol. The second-order valence-corrected chi connectivity index (χ2v) is 5.21. The van der Waals surface area contributed by atoms with Gasteiger partial charge in [0.1, 0.15) is 6.54 Å².